The van der Waals surface area contributed by atoms with E-state index in [1.54, 1.807) is 16.8 Å². The Morgan fingerprint density at radius 3 is 2.96 bits per heavy atom. The van der Waals surface area contributed by atoms with Crippen LogP contribution < -0.4 is 15.5 Å². The minimum Gasteiger partial charge on any atom is -0.384 e. The molecule has 7 heteroatoms. The number of aromatic nitrogens is 3. The Morgan fingerprint density at radius 1 is 1.12 bits per heavy atom. The predicted molar refractivity (Wildman–Crippen MR) is 97.6 cm³/mol. The maximum Gasteiger partial charge on any atom is 0.165 e. The number of hydrogen-bond donors (Lipinski definition) is 2. The largest absolute Gasteiger partial charge is 0.384 e. The van der Waals surface area contributed by atoms with E-state index in [2.05, 4.69) is 20.6 Å². The van der Waals surface area contributed by atoms with Crippen LogP contribution in [0.1, 0.15) is 6.42 Å². The monoisotopic (exact) mass is 340 g/mol. The molecule has 0 amide bonds. The molecule has 0 fully saturated rings. The Labute approximate surface area is 145 Å². The lowest BCUT2D eigenvalue weighted by molar-refractivity contribution is 0.631. The highest BCUT2D eigenvalue weighted by Crippen LogP contribution is 2.29. The van der Waals surface area contributed by atoms with Crippen molar-refractivity contribution in [2.45, 2.75) is 6.42 Å². The van der Waals surface area contributed by atoms with E-state index in [1.807, 2.05) is 25.4 Å². The first kappa shape index (κ1) is 15.8. The van der Waals surface area contributed by atoms with Gasteiger partial charge in [0.1, 0.15) is 11.6 Å². The van der Waals surface area contributed by atoms with Gasteiger partial charge in [0.2, 0.25) is 0 Å². The first-order valence-electron chi connectivity index (χ1n) is 8.52. The second-order valence-corrected chi connectivity index (χ2v) is 6.26. The zero-order valence-electron chi connectivity index (χ0n) is 14.2. The van der Waals surface area contributed by atoms with Gasteiger partial charge in [-0.05, 0) is 37.2 Å². The Bertz CT molecular complexity index is 890. The maximum atomic E-state index is 14.5. The minimum atomic E-state index is -0.275. The summed E-state index contributed by atoms with van der Waals surface area (Å²) in [7, 11) is 2.02. The van der Waals surface area contributed by atoms with Gasteiger partial charge in [-0.3, -0.25) is 0 Å². The van der Waals surface area contributed by atoms with Crippen LogP contribution in [0.25, 0.3) is 16.8 Å². The van der Waals surface area contributed by atoms with Crippen molar-refractivity contribution in [2.75, 3.05) is 43.4 Å². The van der Waals surface area contributed by atoms with Crippen LogP contribution in [0.4, 0.5) is 15.9 Å². The molecule has 1 aliphatic rings. The number of rotatable bonds is 0. The Morgan fingerprint density at radius 2 is 2.04 bits per heavy atom. The van der Waals surface area contributed by atoms with Crippen molar-refractivity contribution in [1.29, 1.82) is 0 Å². The Kier molecular flexibility index (Phi) is 4.23. The molecule has 4 rings (SSSR count). The van der Waals surface area contributed by atoms with Crippen LogP contribution in [0.15, 0.2) is 36.7 Å². The quantitative estimate of drug-likeness (QED) is 0.658. The summed E-state index contributed by atoms with van der Waals surface area (Å²) < 4.78 is 16.2. The molecule has 130 valence electrons. The fourth-order valence-electron chi connectivity index (χ4n) is 3.08. The molecule has 0 saturated carbocycles. The summed E-state index contributed by atoms with van der Waals surface area (Å²) in [5.74, 6) is 0.585. The molecule has 3 heterocycles. The first-order chi connectivity index (χ1) is 12.2. The van der Waals surface area contributed by atoms with Gasteiger partial charge in [-0.2, -0.15) is 5.10 Å². The summed E-state index contributed by atoms with van der Waals surface area (Å²) in [6, 6.07) is 7.01. The molecular weight excluding hydrogens is 319 g/mol. The summed E-state index contributed by atoms with van der Waals surface area (Å²) >= 11 is 0. The van der Waals surface area contributed by atoms with Crippen LogP contribution in [0.5, 0.6) is 0 Å². The summed E-state index contributed by atoms with van der Waals surface area (Å²) in [4.78, 5) is 6.84. The Hall–Kier alpha value is -2.67. The van der Waals surface area contributed by atoms with E-state index >= 15 is 0 Å². The molecular formula is C18H21FN6. The summed E-state index contributed by atoms with van der Waals surface area (Å²) in [5, 5.41) is 11.1. The van der Waals surface area contributed by atoms with E-state index in [9.17, 15) is 4.39 Å². The second kappa shape index (κ2) is 6.68. The molecule has 25 heavy (non-hydrogen) atoms. The highest BCUT2D eigenvalue weighted by Gasteiger charge is 2.15. The van der Waals surface area contributed by atoms with Gasteiger partial charge in [0, 0.05) is 49.7 Å². The van der Waals surface area contributed by atoms with Crippen molar-refractivity contribution >= 4 is 17.2 Å². The highest BCUT2D eigenvalue weighted by molar-refractivity contribution is 5.80. The molecule has 0 unspecified atom stereocenters. The summed E-state index contributed by atoms with van der Waals surface area (Å²) in [6.07, 6.45) is 4.57. The molecule has 0 radical (unpaired) electrons. The lowest BCUT2D eigenvalue weighted by Gasteiger charge is -2.18. The molecule has 2 N–H and O–H groups in total. The van der Waals surface area contributed by atoms with Crippen LogP contribution in [-0.2, 0) is 0 Å². The number of anilines is 2. The van der Waals surface area contributed by atoms with E-state index in [-0.39, 0.29) is 5.82 Å². The van der Waals surface area contributed by atoms with Gasteiger partial charge < -0.3 is 15.5 Å². The fraction of sp³-hybridized carbons (Fsp3) is 0.333. The number of nitrogens with one attached hydrogen (secondary N) is 2. The summed E-state index contributed by atoms with van der Waals surface area (Å²) in [5.41, 5.74) is 2.76. The average molecular weight is 340 g/mol. The maximum absolute atomic E-state index is 14.5. The zero-order valence-corrected chi connectivity index (χ0v) is 14.2. The third kappa shape index (κ3) is 3.15. The first-order valence-corrected chi connectivity index (χ1v) is 8.52. The third-order valence-electron chi connectivity index (χ3n) is 4.48. The van der Waals surface area contributed by atoms with Crippen molar-refractivity contribution in [2.24, 2.45) is 0 Å². The second-order valence-electron chi connectivity index (χ2n) is 6.26. The van der Waals surface area contributed by atoms with E-state index in [4.69, 9.17) is 4.98 Å². The van der Waals surface area contributed by atoms with E-state index in [0.717, 1.165) is 44.1 Å². The van der Waals surface area contributed by atoms with Gasteiger partial charge >= 0.3 is 0 Å². The van der Waals surface area contributed by atoms with Crippen molar-refractivity contribution in [3.63, 3.8) is 0 Å². The van der Waals surface area contributed by atoms with Gasteiger partial charge in [-0.15, -0.1) is 0 Å². The molecule has 1 aliphatic heterocycles. The average Bonchev–Trinajstić information content (AvgIpc) is 3.04. The van der Waals surface area contributed by atoms with Gasteiger partial charge in [0.15, 0.2) is 5.65 Å². The van der Waals surface area contributed by atoms with E-state index in [1.165, 1.54) is 6.07 Å². The van der Waals surface area contributed by atoms with Crippen molar-refractivity contribution in [1.82, 2.24) is 19.9 Å². The molecule has 2 aromatic heterocycles. The normalized spacial score (nSPS) is 15.7. The number of fused-ring (bicyclic) bond motifs is 4. The lowest BCUT2D eigenvalue weighted by Crippen LogP contribution is -2.27. The summed E-state index contributed by atoms with van der Waals surface area (Å²) in [6.45, 7) is 3.49. The molecule has 4 bridgehead atoms. The number of benzene rings is 1. The highest BCUT2D eigenvalue weighted by atomic mass is 19.1. The number of nitrogens with zero attached hydrogens (tertiary/aromatic N) is 4. The molecule has 1 aromatic carbocycles. The van der Waals surface area contributed by atoms with Gasteiger partial charge in [-0.25, -0.2) is 13.9 Å². The van der Waals surface area contributed by atoms with Crippen LogP contribution in [0, 0.1) is 5.82 Å². The molecule has 0 aliphatic carbocycles. The number of hydrogen-bond acceptors (Lipinski definition) is 5. The van der Waals surface area contributed by atoms with E-state index in [0.29, 0.717) is 16.8 Å². The van der Waals surface area contributed by atoms with Crippen molar-refractivity contribution in [3.05, 3.63) is 42.5 Å². The Balaban J connectivity index is 1.85. The molecule has 0 saturated heterocycles. The van der Waals surface area contributed by atoms with Crippen molar-refractivity contribution in [3.8, 4) is 11.1 Å². The lowest BCUT2D eigenvalue weighted by atomic mass is 10.1. The fourth-order valence-corrected chi connectivity index (χ4v) is 3.08. The van der Waals surface area contributed by atoms with Gasteiger partial charge in [0.05, 0.1) is 6.20 Å². The molecule has 3 aromatic rings. The minimum absolute atomic E-state index is 0.275. The zero-order chi connectivity index (χ0) is 17.2. The van der Waals surface area contributed by atoms with Gasteiger partial charge in [0.25, 0.3) is 0 Å². The van der Waals surface area contributed by atoms with Crippen LogP contribution in [0.3, 0.4) is 0 Å². The van der Waals surface area contributed by atoms with E-state index < -0.39 is 0 Å². The van der Waals surface area contributed by atoms with Crippen molar-refractivity contribution < 1.29 is 4.39 Å². The van der Waals surface area contributed by atoms with Crippen LogP contribution in [0.2, 0.25) is 0 Å². The number of halogens is 1. The van der Waals surface area contributed by atoms with Crippen LogP contribution in [-0.4, -0.2) is 47.8 Å². The van der Waals surface area contributed by atoms with Crippen LogP contribution >= 0.6 is 0 Å². The SMILES string of the molecule is CN1CCCNCCNc2ccc(F)c(c2)-c2cnn3ccc1nc23. The van der Waals surface area contributed by atoms with Gasteiger partial charge in [-0.1, -0.05) is 0 Å². The smallest absolute Gasteiger partial charge is 0.165 e. The molecule has 6 nitrogen and oxygen atoms in total. The molecule has 0 atom stereocenters. The topological polar surface area (TPSA) is 57.5 Å². The standard InChI is InChI=1S/C18H21FN6/c1-24-9-2-6-20-7-8-21-13-3-4-16(19)14(11-13)15-12-22-25-10-5-17(24)23-18(15)25/h3-5,10-12,20-21H,2,6-9H2,1H3. The third-order valence-corrected chi connectivity index (χ3v) is 4.48. The predicted octanol–water partition coefficient (Wildman–Crippen LogP) is 2.38. The molecule has 0 spiro atoms.